The zero-order valence-corrected chi connectivity index (χ0v) is 17.4. The Labute approximate surface area is 178 Å². The third-order valence-corrected chi connectivity index (χ3v) is 4.72. The van der Waals surface area contributed by atoms with Gasteiger partial charge in [0, 0.05) is 10.7 Å². The van der Waals surface area contributed by atoms with Crippen LogP contribution >= 0.6 is 11.6 Å². The van der Waals surface area contributed by atoms with E-state index in [0.717, 1.165) is 10.5 Å². The molecule has 0 saturated carbocycles. The Balaban J connectivity index is 1.76. The molecule has 2 N–H and O–H groups in total. The maximum absolute atomic E-state index is 12.7. The number of nitrogens with zero attached hydrogens (tertiary/aromatic N) is 1. The van der Waals surface area contributed by atoms with E-state index in [0.29, 0.717) is 27.8 Å². The molecule has 0 radical (unpaired) electrons. The fraction of sp³-hybridized carbons (Fsp3) is 0.190. The topological polar surface area (TPSA) is 97.0 Å². The Morgan fingerprint density at radius 2 is 1.77 bits per heavy atom. The Morgan fingerprint density at radius 3 is 2.40 bits per heavy atom. The van der Waals surface area contributed by atoms with Crippen LogP contribution in [-0.2, 0) is 9.59 Å². The molecule has 1 fully saturated rings. The molecule has 1 aliphatic rings. The lowest BCUT2D eigenvalue weighted by molar-refractivity contribution is -0.127. The molecule has 0 aromatic heterocycles. The molecule has 0 spiro atoms. The van der Waals surface area contributed by atoms with E-state index in [-0.39, 0.29) is 5.70 Å². The number of ether oxygens (including phenoxy) is 2. The van der Waals surface area contributed by atoms with Gasteiger partial charge in [0.05, 0.1) is 14.2 Å². The van der Waals surface area contributed by atoms with Gasteiger partial charge >= 0.3 is 6.03 Å². The molecule has 9 heteroatoms. The van der Waals surface area contributed by atoms with E-state index in [9.17, 15) is 14.4 Å². The second-order valence-electron chi connectivity index (χ2n) is 6.50. The van der Waals surface area contributed by atoms with E-state index in [4.69, 9.17) is 21.1 Å². The van der Waals surface area contributed by atoms with E-state index in [1.54, 1.807) is 36.4 Å². The number of methoxy groups -OCH3 is 2. The summed E-state index contributed by atoms with van der Waals surface area (Å²) < 4.78 is 10.5. The summed E-state index contributed by atoms with van der Waals surface area (Å²) in [4.78, 5) is 38.0. The van der Waals surface area contributed by atoms with Gasteiger partial charge in [0.1, 0.15) is 12.2 Å². The highest BCUT2D eigenvalue weighted by Crippen LogP contribution is 2.31. The van der Waals surface area contributed by atoms with Gasteiger partial charge in [-0.25, -0.2) is 9.69 Å². The molecule has 0 bridgehead atoms. The van der Waals surface area contributed by atoms with E-state index in [1.807, 2.05) is 6.92 Å². The van der Waals surface area contributed by atoms with Crippen molar-refractivity contribution >= 4 is 41.2 Å². The van der Waals surface area contributed by atoms with Crippen molar-refractivity contribution in [2.75, 3.05) is 26.1 Å². The standard InChI is InChI=1S/C21H20ClN3O5/c1-12-8-17(29-2)18(30-3)10-13(12)9-16-20(27)25(21(28)24-16)11-19(26)23-15-6-4-14(22)5-7-15/h4-10H,11H2,1-3H3,(H,23,26)(H,24,28)/b16-9-. The largest absolute Gasteiger partial charge is 0.493 e. The average Bonchev–Trinajstić information content (AvgIpc) is 2.98. The molecule has 1 heterocycles. The molecule has 4 amide bonds. The Hall–Kier alpha value is -3.52. The van der Waals surface area contributed by atoms with E-state index >= 15 is 0 Å². The normalized spacial score (nSPS) is 14.7. The molecule has 3 rings (SSSR count). The van der Waals surface area contributed by atoms with Crippen LogP contribution in [-0.4, -0.2) is 43.5 Å². The van der Waals surface area contributed by atoms with Gasteiger partial charge in [-0.05, 0) is 60.5 Å². The van der Waals surface area contributed by atoms with Crippen molar-refractivity contribution in [1.82, 2.24) is 10.2 Å². The van der Waals surface area contributed by atoms with Crippen molar-refractivity contribution in [2.24, 2.45) is 0 Å². The number of rotatable bonds is 6. The number of aryl methyl sites for hydroxylation is 1. The first-order valence-electron chi connectivity index (χ1n) is 8.95. The molecule has 1 aliphatic heterocycles. The van der Waals surface area contributed by atoms with Gasteiger partial charge in [0.2, 0.25) is 5.91 Å². The molecule has 2 aromatic carbocycles. The fourth-order valence-electron chi connectivity index (χ4n) is 2.90. The summed E-state index contributed by atoms with van der Waals surface area (Å²) in [6.07, 6.45) is 1.54. The lowest BCUT2D eigenvalue weighted by Gasteiger charge is -2.12. The van der Waals surface area contributed by atoms with Gasteiger partial charge in [0.15, 0.2) is 11.5 Å². The summed E-state index contributed by atoms with van der Waals surface area (Å²) >= 11 is 5.81. The summed E-state index contributed by atoms with van der Waals surface area (Å²) in [6, 6.07) is 9.29. The van der Waals surface area contributed by atoms with Gasteiger partial charge in [-0.15, -0.1) is 0 Å². The highest BCUT2D eigenvalue weighted by atomic mass is 35.5. The zero-order chi connectivity index (χ0) is 21.8. The van der Waals surface area contributed by atoms with Crippen LogP contribution < -0.4 is 20.1 Å². The molecule has 1 saturated heterocycles. The highest BCUT2D eigenvalue weighted by molar-refractivity contribution is 6.30. The number of hydrogen-bond donors (Lipinski definition) is 2. The van der Waals surface area contributed by atoms with E-state index in [1.165, 1.54) is 20.3 Å². The van der Waals surface area contributed by atoms with Crippen molar-refractivity contribution in [3.05, 3.63) is 58.2 Å². The first kappa shape index (κ1) is 21.2. The monoisotopic (exact) mass is 429 g/mol. The van der Waals surface area contributed by atoms with Crippen LogP contribution in [0.1, 0.15) is 11.1 Å². The van der Waals surface area contributed by atoms with Crippen molar-refractivity contribution in [3.63, 3.8) is 0 Å². The number of nitrogens with one attached hydrogen (secondary N) is 2. The number of halogens is 1. The quantitative estimate of drug-likeness (QED) is 0.543. The minimum Gasteiger partial charge on any atom is -0.493 e. The minimum atomic E-state index is -0.671. The number of urea groups is 1. The van der Waals surface area contributed by atoms with Crippen LogP contribution in [0.25, 0.3) is 6.08 Å². The molecular formula is C21H20ClN3O5. The molecule has 0 aliphatic carbocycles. The molecule has 0 atom stereocenters. The van der Waals surface area contributed by atoms with Gasteiger partial charge in [-0.3, -0.25) is 9.59 Å². The summed E-state index contributed by atoms with van der Waals surface area (Å²) in [5, 5.41) is 5.65. The van der Waals surface area contributed by atoms with Gasteiger partial charge < -0.3 is 20.1 Å². The Bertz CT molecular complexity index is 1030. The highest BCUT2D eigenvalue weighted by Gasteiger charge is 2.35. The first-order chi connectivity index (χ1) is 14.3. The first-order valence-corrected chi connectivity index (χ1v) is 9.32. The maximum atomic E-state index is 12.7. The predicted octanol–water partition coefficient (Wildman–Crippen LogP) is 3.20. The van der Waals surface area contributed by atoms with Gasteiger partial charge in [-0.1, -0.05) is 11.6 Å². The number of anilines is 1. The lowest BCUT2D eigenvalue weighted by Crippen LogP contribution is -2.38. The van der Waals surface area contributed by atoms with Crippen LogP contribution in [0.15, 0.2) is 42.1 Å². The second-order valence-corrected chi connectivity index (χ2v) is 6.93. The Morgan fingerprint density at radius 1 is 1.13 bits per heavy atom. The third kappa shape index (κ3) is 4.55. The molecule has 156 valence electrons. The van der Waals surface area contributed by atoms with Crippen LogP contribution in [0.4, 0.5) is 10.5 Å². The third-order valence-electron chi connectivity index (χ3n) is 4.46. The molecule has 0 unspecified atom stereocenters. The molecule has 30 heavy (non-hydrogen) atoms. The van der Waals surface area contributed by atoms with E-state index in [2.05, 4.69) is 10.6 Å². The SMILES string of the molecule is COc1cc(C)c(/C=C2\NC(=O)N(CC(=O)Nc3ccc(Cl)cc3)C2=O)cc1OC. The predicted molar refractivity (Wildman–Crippen MR) is 113 cm³/mol. The van der Waals surface area contributed by atoms with Crippen molar-refractivity contribution in [3.8, 4) is 11.5 Å². The van der Waals surface area contributed by atoms with Crippen LogP contribution in [0.5, 0.6) is 11.5 Å². The van der Waals surface area contributed by atoms with Crippen molar-refractivity contribution in [1.29, 1.82) is 0 Å². The number of amides is 4. The molecular weight excluding hydrogens is 410 g/mol. The second kappa shape index (κ2) is 8.87. The van der Waals surface area contributed by atoms with Crippen LogP contribution in [0.3, 0.4) is 0 Å². The zero-order valence-electron chi connectivity index (χ0n) is 16.6. The number of hydrogen-bond acceptors (Lipinski definition) is 5. The van der Waals surface area contributed by atoms with Gasteiger partial charge in [-0.2, -0.15) is 0 Å². The maximum Gasteiger partial charge on any atom is 0.329 e. The summed E-state index contributed by atoms with van der Waals surface area (Å²) in [5.74, 6) is -0.0600. The minimum absolute atomic E-state index is 0.0645. The van der Waals surface area contributed by atoms with Gasteiger partial charge in [0.25, 0.3) is 5.91 Å². The van der Waals surface area contributed by atoms with Crippen molar-refractivity contribution in [2.45, 2.75) is 6.92 Å². The van der Waals surface area contributed by atoms with E-state index < -0.39 is 24.4 Å². The average molecular weight is 430 g/mol. The lowest BCUT2D eigenvalue weighted by atomic mass is 10.1. The number of benzene rings is 2. The molecule has 2 aromatic rings. The summed E-state index contributed by atoms with van der Waals surface area (Å²) in [6.45, 7) is 1.42. The van der Waals surface area contributed by atoms with Crippen molar-refractivity contribution < 1.29 is 23.9 Å². The smallest absolute Gasteiger partial charge is 0.329 e. The fourth-order valence-corrected chi connectivity index (χ4v) is 3.03. The summed E-state index contributed by atoms with van der Waals surface area (Å²) in [5.41, 5.74) is 2.06. The number of carbonyl (C=O) groups is 3. The number of carbonyl (C=O) groups excluding carboxylic acids is 3. The Kier molecular flexibility index (Phi) is 6.27. The van der Waals surface area contributed by atoms with Crippen LogP contribution in [0, 0.1) is 6.92 Å². The molecule has 8 nitrogen and oxygen atoms in total. The summed E-state index contributed by atoms with van der Waals surface area (Å²) in [7, 11) is 3.04. The van der Waals surface area contributed by atoms with Crippen LogP contribution in [0.2, 0.25) is 5.02 Å². The number of imide groups is 1.